The van der Waals surface area contributed by atoms with Crippen molar-refractivity contribution in [2.45, 2.75) is 19.3 Å². The van der Waals surface area contributed by atoms with Gasteiger partial charge in [0.15, 0.2) is 11.6 Å². The quantitative estimate of drug-likeness (QED) is 0.779. The summed E-state index contributed by atoms with van der Waals surface area (Å²) in [4.78, 5) is 20.6. The highest BCUT2D eigenvalue weighted by molar-refractivity contribution is 7.15. The summed E-state index contributed by atoms with van der Waals surface area (Å²) in [6.07, 6.45) is 4.98. The summed E-state index contributed by atoms with van der Waals surface area (Å²) in [6.45, 7) is 0. The molecule has 17 heavy (non-hydrogen) atoms. The van der Waals surface area contributed by atoms with E-state index in [9.17, 15) is 9.18 Å². The molecule has 0 amide bonds. The minimum absolute atomic E-state index is 0.0724. The first-order valence-electron chi connectivity index (χ1n) is 5.38. The number of aromatic nitrogens is 2. The molecule has 0 aliphatic heterocycles. The topological polar surface area (TPSA) is 42.9 Å². The second-order valence-corrected chi connectivity index (χ2v) is 5.01. The number of hydrogen-bond donors (Lipinski definition) is 0. The maximum absolute atomic E-state index is 13.6. The maximum atomic E-state index is 13.6. The van der Waals surface area contributed by atoms with Gasteiger partial charge in [-0.25, -0.2) is 9.37 Å². The van der Waals surface area contributed by atoms with Gasteiger partial charge in [-0.3, -0.25) is 9.78 Å². The first-order chi connectivity index (χ1) is 8.25. The molecule has 3 nitrogen and oxygen atoms in total. The average molecular weight is 248 g/mol. The van der Waals surface area contributed by atoms with Gasteiger partial charge in [0.25, 0.3) is 0 Å². The van der Waals surface area contributed by atoms with E-state index in [2.05, 4.69) is 9.97 Å². The monoisotopic (exact) mass is 248 g/mol. The van der Waals surface area contributed by atoms with Crippen LogP contribution in [0.5, 0.6) is 0 Å². The van der Waals surface area contributed by atoms with E-state index >= 15 is 0 Å². The molecule has 0 atom stereocenters. The Morgan fingerprint density at radius 1 is 1.35 bits per heavy atom. The number of Topliss-reactive ketones (excluding diaryl/α,β-unsaturated/α-hetero) is 1. The van der Waals surface area contributed by atoms with Crippen LogP contribution in [-0.2, 0) is 6.42 Å². The zero-order chi connectivity index (χ0) is 11.8. The van der Waals surface area contributed by atoms with Gasteiger partial charge in [-0.2, -0.15) is 0 Å². The Morgan fingerprint density at radius 3 is 3.00 bits per heavy atom. The van der Waals surface area contributed by atoms with Crippen molar-refractivity contribution in [1.82, 2.24) is 9.97 Å². The van der Waals surface area contributed by atoms with Gasteiger partial charge in [0.2, 0.25) is 0 Å². The summed E-state index contributed by atoms with van der Waals surface area (Å²) in [5, 5.41) is 0.574. The number of aryl methyl sites for hydroxylation is 1. The van der Waals surface area contributed by atoms with Gasteiger partial charge in [-0.1, -0.05) is 0 Å². The van der Waals surface area contributed by atoms with Crippen molar-refractivity contribution < 1.29 is 9.18 Å². The predicted molar refractivity (Wildman–Crippen MR) is 62.6 cm³/mol. The molecule has 86 valence electrons. The van der Waals surface area contributed by atoms with Crippen molar-refractivity contribution >= 4 is 17.1 Å². The van der Waals surface area contributed by atoms with Gasteiger partial charge in [-0.05, 0) is 18.9 Å². The molecule has 0 unspecified atom stereocenters. The van der Waals surface area contributed by atoms with Crippen LogP contribution >= 0.6 is 11.3 Å². The molecular formula is C12H9FN2OS. The van der Waals surface area contributed by atoms with Crippen LogP contribution in [0, 0.1) is 5.82 Å². The molecule has 0 bridgehead atoms. The Bertz CT molecular complexity index is 594. The summed E-state index contributed by atoms with van der Waals surface area (Å²) >= 11 is 1.41. The van der Waals surface area contributed by atoms with Gasteiger partial charge in [0.05, 0.1) is 6.20 Å². The molecule has 0 saturated heterocycles. The molecule has 1 aliphatic carbocycles. The maximum Gasteiger partial charge on any atom is 0.182 e. The molecular weight excluding hydrogens is 239 g/mol. The minimum Gasteiger partial charge on any atom is -0.292 e. The second-order valence-electron chi connectivity index (χ2n) is 3.92. The highest BCUT2D eigenvalue weighted by Gasteiger charge is 2.23. The Balaban J connectivity index is 2.11. The van der Waals surface area contributed by atoms with E-state index in [0.717, 1.165) is 23.9 Å². The second kappa shape index (κ2) is 4.00. The summed E-state index contributed by atoms with van der Waals surface area (Å²) in [5.74, 6) is -0.325. The SMILES string of the molecule is O=C1CCCc2sc(-c3ccncc3F)nc21. The number of halogens is 1. The van der Waals surface area contributed by atoms with Crippen molar-refractivity contribution in [2.75, 3.05) is 0 Å². The summed E-state index contributed by atoms with van der Waals surface area (Å²) < 4.78 is 13.6. The van der Waals surface area contributed by atoms with E-state index in [4.69, 9.17) is 0 Å². The number of rotatable bonds is 1. The number of carbonyl (C=O) groups is 1. The van der Waals surface area contributed by atoms with E-state index in [-0.39, 0.29) is 5.78 Å². The van der Waals surface area contributed by atoms with Crippen LogP contribution in [0.1, 0.15) is 28.2 Å². The highest BCUT2D eigenvalue weighted by Crippen LogP contribution is 2.33. The molecule has 0 saturated carbocycles. The number of ketones is 1. The van der Waals surface area contributed by atoms with E-state index < -0.39 is 5.82 Å². The number of hydrogen-bond acceptors (Lipinski definition) is 4. The van der Waals surface area contributed by atoms with Gasteiger partial charge in [0.1, 0.15) is 10.7 Å². The van der Waals surface area contributed by atoms with E-state index in [0.29, 0.717) is 22.7 Å². The third kappa shape index (κ3) is 1.76. The lowest BCUT2D eigenvalue weighted by atomic mass is 10.0. The summed E-state index contributed by atoms with van der Waals surface area (Å²) in [5.41, 5.74) is 0.958. The fourth-order valence-corrected chi connectivity index (χ4v) is 3.08. The minimum atomic E-state index is -0.397. The number of fused-ring (bicyclic) bond motifs is 1. The highest BCUT2D eigenvalue weighted by atomic mass is 32.1. The summed E-state index contributed by atoms with van der Waals surface area (Å²) in [6, 6.07) is 1.59. The Hall–Kier alpha value is -1.62. The van der Waals surface area contributed by atoms with Gasteiger partial charge in [0, 0.05) is 23.1 Å². The Morgan fingerprint density at radius 2 is 2.24 bits per heavy atom. The predicted octanol–water partition coefficient (Wildman–Crippen LogP) is 2.86. The smallest absolute Gasteiger partial charge is 0.182 e. The first kappa shape index (κ1) is 10.5. The average Bonchev–Trinajstić information content (AvgIpc) is 2.75. The van der Waals surface area contributed by atoms with Gasteiger partial charge in [-0.15, -0.1) is 11.3 Å². The third-order valence-electron chi connectivity index (χ3n) is 2.77. The molecule has 3 rings (SSSR count). The molecule has 2 heterocycles. The number of carbonyl (C=O) groups excluding carboxylic acids is 1. The van der Waals surface area contributed by atoms with E-state index in [1.165, 1.54) is 17.5 Å². The number of nitrogens with zero attached hydrogens (tertiary/aromatic N) is 2. The van der Waals surface area contributed by atoms with Crippen LogP contribution in [-0.4, -0.2) is 15.8 Å². The largest absolute Gasteiger partial charge is 0.292 e. The van der Waals surface area contributed by atoms with Crippen LogP contribution in [0.25, 0.3) is 10.6 Å². The van der Waals surface area contributed by atoms with Gasteiger partial charge >= 0.3 is 0 Å². The molecule has 5 heteroatoms. The Labute approximate surface area is 101 Å². The molecule has 0 spiro atoms. The van der Waals surface area contributed by atoms with Crippen molar-refractivity contribution in [3.8, 4) is 10.6 Å². The third-order valence-corrected chi connectivity index (χ3v) is 3.92. The van der Waals surface area contributed by atoms with Crippen LogP contribution in [0.3, 0.4) is 0 Å². The van der Waals surface area contributed by atoms with E-state index in [1.54, 1.807) is 6.07 Å². The van der Waals surface area contributed by atoms with Crippen LogP contribution in [0.15, 0.2) is 18.5 Å². The standard InChI is InChI=1S/C12H9FN2OS/c13-8-6-14-5-4-7(8)12-15-11-9(16)2-1-3-10(11)17-12/h4-6H,1-3H2. The fourth-order valence-electron chi connectivity index (χ4n) is 1.93. The van der Waals surface area contributed by atoms with Crippen LogP contribution in [0.2, 0.25) is 0 Å². The number of pyridine rings is 1. The van der Waals surface area contributed by atoms with Crippen molar-refractivity contribution in [2.24, 2.45) is 0 Å². The van der Waals surface area contributed by atoms with E-state index in [1.807, 2.05) is 0 Å². The zero-order valence-electron chi connectivity index (χ0n) is 8.94. The molecule has 0 N–H and O–H groups in total. The molecule has 1 aliphatic rings. The van der Waals surface area contributed by atoms with Crippen molar-refractivity contribution in [3.63, 3.8) is 0 Å². The first-order valence-corrected chi connectivity index (χ1v) is 6.20. The number of thiazole rings is 1. The molecule has 2 aromatic heterocycles. The van der Waals surface area contributed by atoms with Gasteiger partial charge < -0.3 is 0 Å². The van der Waals surface area contributed by atoms with Crippen molar-refractivity contribution in [1.29, 1.82) is 0 Å². The fraction of sp³-hybridized carbons (Fsp3) is 0.250. The molecule has 2 aromatic rings. The molecule has 0 fully saturated rings. The summed E-state index contributed by atoms with van der Waals surface area (Å²) in [7, 11) is 0. The lowest BCUT2D eigenvalue weighted by Crippen LogP contribution is -2.08. The normalized spacial score (nSPS) is 14.8. The van der Waals surface area contributed by atoms with Crippen LogP contribution in [0.4, 0.5) is 4.39 Å². The zero-order valence-corrected chi connectivity index (χ0v) is 9.76. The molecule has 0 radical (unpaired) electrons. The lowest BCUT2D eigenvalue weighted by molar-refractivity contribution is 0.0968. The van der Waals surface area contributed by atoms with Crippen molar-refractivity contribution in [3.05, 3.63) is 34.8 Å². The molecule has 0 aromatic carbocycles. The van der Waals surface area contributed by atoms with Crippen LogP contribution < -0.4 is 0 Å². The Kier molecular flexibility index (Phi) is 2.48. The lowest BCUT2D eigenvalue weighted by Gasteiger charge is -2.06.